The van der Waals surface area contributed by atoms with E-state index >= 15 is 0 Å². The van der Waals surface area contributed by atoms with Gasteiger partial charge in [-0.25, -0.2) is 4.39 Å². The highest BCUT2D eigenvalue weighted by atomic mass is 19.1. The Bertz CT molecular complexity index is 752. The van der Waals surface area contributed by atoms with E-state index in [1.165, 1.54) is 25.3 Å². The minimum Gasteiger partial charge on any atom is -0.366 e. The standard InChI is InChI=1S/C22H28FN3O2/c23-18-3-1-2-4-19(18)25-5-7-26(8-6-25)21(28)20(27)24-22-12-15-9-16(13-22)11-17(10-15)14-22/h1-4,15-17H,5-14H2,(H,24,27). The summed E-state index contributed by atoms with van der Waals surface area (Å²) in [5.74, 6) is 1.06. The van der Waals surface area contributed by atoms with Crippen LogP contribution in [0.4, 0.5) is 10.1 Å². The first-order valence-electron chi connectivity index (χ1n) is 10.6. The minimum atomic E-state index is -0.443. The summed E-state index contributed by atoms with van der Waals surface area (Å²) >= 11 is 0. The van der Waals surface area contributed by atoms with Gasteiger partial charge in [-0.2, -0.15) is 0 Å². The van der Waals surface area contributed by atoms with Crippen LogP contribution in [-0.2, 0) is 9.59 Å². The third-order valence-electron chi connectivity index (χ3n) is 7.37. The van der Waals surface area contributed by atoms with Gasteiger partial charge in [-0.15, -0.1) is 0 Å². The van der Waals surface area contributed by atoms with Crippen molar-refractivity contribution in [3.05, 3.63) is 30.1 Å². The molecule has 5 fully saturated rings. The second kappa shape index (κ2) is 6.75. The third kappa shape index (κ3) is 3.16. The Morgan fingerprint density at radius 3 is 2.07 bits per heavy atom. The van der Waals surface area contributed by atoms with Gasteiger partial charge in [-0.05, 0) is 68.4 Å². The molecule has 2 amide bonds. The number of para-hydroxylation sites is 1. The molecule has 4 bridgehead atoms. The molecule has 1 aliphatic heterocycles. The molecule has 1 saturated heterocycles. The molecule has 1 N–H and O–H groups in total. The maximum Gasteiger partial charge on any atom is 0.312 e. The highest BCUT2D eigenvalue weighted by Crippen LogP contribution is 2.55. The van der Waals surface area contributed by atoms with E-state index in [1.54, 1.807) is 17.0 Å². The number of hydrogen-bond donors (Lipinski definition) is 1. The number of amides is 2. The number of halogens is 1. The molecule has 6 heteroatoms. The second-order valence-corrected chi connectivity index (χ2v) is 9.38. The minimum absolute atomic E-state index is 0.142. The predicted molar refractivity (Wildman–Crippen MR) is 104 cm³/mol. The number of carbonyl (C=O) groups excluding carboxylic acids is 2. The first kappa shape index (κ1) is 18.0. The van der Waals surface area contributed by atoms with E-state index in [2.05, 4.69) is 5.32 Å². The smallest absolute Gasteiger partial charge is 0.312 e. The van der Waals surface area contributed by atoms with Crippen molar-refractivity contribution in [2.75, 3.05) is 31.1 Å². The highest BCUT2D eigenvalue weighted by molar-refractivity contribution is 6.35. The van der Waals surface area contributed by atoms with Crippen molar-refractivity contribution >= 4 is 17.5 Å². The first-order chi connectivity index (χ1) is 13.5. The fraction of sp³-hybridized carbons (Fsp3) is 0.636. The van der Waals surface area contributed by atoms with Crippen LogP contribution in [-0.4, -0.2) is 48.4 Å². The van der Waals surface area contributed by atoms with Crippen molar-refractivity contribution in [3.8, 4) is 0 Å². The zero-order valence-electron chi connectivity index (χ0n) is 16.2. The molecule has 4 saturated carbocycles. The molecule has 0 unspecified atom stereocenters. The lowest BCUT2D eigenvalue weighted by atomic mass is 9.53. The van der Waals surface area contributed by atoms with Gasteiger partial charge >= 0.3 is 11.8 Å². The average molecular weight is 385 g/mol. The molecule has 5 nitrogen and oxygen atoms in total. The molecule has 6 rings (SSSR count). The van der Waals surface area contributed by atoms with Gasteiger partial charge in [-0.3, -0.25) is 9.59 Å². The zero-order chi connectivity index (χ0) is 19.3. The summed E-state index contributed by atoms with van der Waals surface area (Å²) in [6.07, 6.45) is 7.04. The number of carbonyl (C=O) groups is 2. The van der Waals surface area contributed by atoms with Gasteiger partial charge in [0.25, 0.3) is 0 Å². The molecule has 1 aromatic rings. The van der Waals surface area contributed by atoms with E-state index in [9.17, 15) is 14.0 Å². The lowest BCUT2D eigenvalue weighted by Gasteiger charge is -2.56. The summed E-state index contributed by atoms with van der Waals surface area (Å²) in [4.78, 5) is 29.1. The molecular weight excluding hydrogens is 357 g/mol. The summed E-state index contributed by atoms with van der Waals surface area (Å²) in [6, 6.07) is 6.70. The summed E-state index contributed by atoms with van der Waals surface area (Å²) in [6.45, 7) is 1.97. The number of piperazine rings is 1. The van der Waals surface area contributed by atoms with Gasteiger partial charge < -0.3 is 15.1 Å². The fourth-order valence-corrected chi connectivity index (χ4v) is 6.56. The third-order valence-corrected chi connectivity index (χ3v) is 7.37. The van der Waals surface area contributed by atoms with Crippen LogP contribution in [0.15, 0.2) is 24.3 Å². The van der Waals surface area contributed by atoms with Crippen LogP contribution in [0.5, 0.6) is 0 Å². The first-order valence-corrected chi connectivity index (χ1v) is 10.6. The lowest BCUT2D eigenvalue weighted by molar-refractivity contribution is -0.149. The molecule has 1 heterocycles. The van der Waals surface area contributed by atoms with Crippen molar-refractivity contribution in [1.82, 2.24) is 10.2 Å². The number of anilines is 1. The van der Waals surface area contributed by atoms with Gasteiger partial charge in [0.15, 0.2) is 0 Å². The Morgan fingerprint density at radius 2 is 1.50 bits per heavy atom. The van der Waals surface area contributed by atoms with Crippen molar-refractivity contribution in [3.63, 3.8) is 0 Å². The number of nitrogens with one attached hydrogen (secondary N) is 1. The molecule has 0 aromatic heterocycles. The largest absolute Gasteiger partial charge is 0.366 e. The molecular formula is C22H28FN3O2. The molecule has 1 aromatic carbocycles. The summed E-state index contributed by atoms with van der Waals surface area (Å²) in [5.41, 5.74) is 0.420. The Labute approximate surface area is 165 Å². The van der Waals surface area contributed by atoms with Crippen LogP contribution >= 0.6 is 0 Å². The van der Waals surface area contributed by atoms with E-state index in [4.69, 9.17) is 0 Å². The van der Waals surface area contributed by atoms with Crippen LogP contribution in [0.3, 0.4) is 0 Å². The Balaban J connectivity index is 1.19. The van der Waals surface area contributed by atoms with Crippen LogP contribution < -0.4 is 10.2 Å². The van der Waals surface area contributed by atoms with Gasteiger partial charge in [0, 0.05) is 31.7 Å². The highest BCUT2D eigenvalue weighted by Gasteiger charge is 2.52. The normalized spacial score (nSPS) is 33.8. The topological polar surface area (TPSA) is 52.7 Å². The average Bonchev–Trinajstić information content (AvgIpc) is 2.66. The van der Waals surface area contributed by atoms with Gasteiger partial charge in [0.1, 0.15) is 5.82 Å². The number of hydrogen-bond acceptors (Lipinski definition) is 3. The Kier molecular flexibility index (Phi) is 4.33. The van der Waals surface area contributed by atoms with Crippen LogP contribution in [0.1, 0.15) is 38.5 Å². The SMILES string of the molecule is O=C(NC12CC3CC(CC(C3)C1)C2)C(=O)N1CCN(c2ccccc2F)CC1. The van der Waals surface area contributed by atoms with Gasteiger partial charge in [0.2, 0.25) is 0 Å². The molecule has 28 heavy (non-hydrogen) atoms. The van der Waals surface area contributed by atoms with Crippen molar-refractivity contribution in [2.24, 2.45) is 17.8 Å². The van der Waals surface area contributed by atoms with E-state index in [0.29, 0.717) is 31.9 Å². The van der Waals surface area contributed by atoms with E-state index in [1.807, 2.05) is 11.0 Å². The van der Waals surface area contributed by atoms with E-state index < -0.39 is 11.8 Å². The quantitative estimate of drug-likeness (QED) is 0.796. The van der Waals surface area contributed by atoms with E-state index in [-0.39, 0.29) is 11.4 Å². The monoisotopic (exact) mass is 385 g/mol. The van der Waals surface area contributed by atoms with Gasteiger partial charge in [0.05, 0.1) is 5.69 Å². The zero-order valence-corrected chi connectivity index (χ0v) is 16.2. The lowest BCUT2D eigenvalue weighted by Crippen LogP contribution is -2.62. The van der Waals surface area contributed by atoms with Gasteiger partial charge in [-0.1, -0.05) is 12.1 Å². The van der Waals surface area contributed by atoms with Crippen LogP contribution in [0, 0.1) is 23.6 Å². The van der Waals surface area contributed by atoms with Crippen molar-refractivity contribution in [1.29, 1.82) is 0 Å². The molecule has 150 valence electrons. The summed E-state index contributed by atoms with van der Waals surface area (Å²) < 4.78 is 14.0. The number of rotatable bonds is 2. The number of benzene rings is 1. The Hall–Kier alpha value is -2.11. The maximum atomic E-state index is 14.0. The molecule has 0 radical (unpaired) electrons. The van der Waals surface area contributed by atoms with Crippen LogP contribution in [0.25, 0.3) is 0 Å². The molecule has 0 spiro atoms. The molecule has 0 atom stereocenters. The second-order valence-electron chi connectivity index (χ2n) is 9.38. The molecule has 4 aliphatic carbocycles. The van der Waals surface area contributed by atoms with Crippen LogP contribution in [0.2, 0.25) is 0 Å². The van der Waals surface area contributed by atoms with Crippen molar-refractivity contribution in [2.45, 2.75) is 44.1 Å². The maximum absolute atomic E-state index is 14.0. The molecule has 5 aliphatic rings. The van der Waals surface area contributed by atoms with Crippen molar-refractivity contribution < 1.29 is 14.0 Å². The summed E-state index contributed by atoms with van der Waals surface area (Å²) in [5, 5.41) is 3.17. The Morgan fingerprint density at radius 1 is 0.929 bits per heavy atom. The summed E-state index contributed by atoms with van der Waals surface area (Å²) in [7, 11) is 0. The predicted octanol–water partition coefficient (Wildman–Crippen LogP) is 2.56. The fourth-order valence-electron chi connectivity index (χ4n) is 6.56. The number of nitrogens with zero attached hydrogens (tertiary/aromatic N) is 2. The van der Waals surface area contributed by atoms with E-state index in [0.717, 1.165) is 37.0 Å².